The first-order valence-corrected chi connectivity index (χ1v) is 7.87. The Balaban J connectivity index is 1.79. The van der Waals surface area contributed by atoms with Crippen LogP contribution < -0.4 is 10.6 Å². The number of nitrogens with one attached hydrogen (secondary N) is 2. The van der Waals surface area contributed by atoms with Crippen molar-refractivity contribution in [1.82, 2.24) is 10.2 Å². The third-order valence-corrected chi connectivity index (χ3v) is 4.08. The number of hydrogen-bond donors (Lipinski definition) is 2. The van der Waals surface area contributed by atoms with Crippen LogP contribution in [0.5, 0.6) is 0 Å². The van der Waals surface area contributed by atoms with Crippen molar-refractivity contribution in [2.24, 2.45) is 5.92 Å². The van der Waals surface area contributed by atoms with E-state index < -0.39 is 0 Å². The number of amides is 2. The highest BCUT2D eigenvalue weighted by Crippen LogP contribution is 2.17. The van der Waals surface area contributed by atoms with Crippen molar-refractivity contribution in [3.8, 4) is 6.07 Å². The number of benzene rings is 1. The lowest BCUT2D eigenvalue weighted by molar-refractivity contribution is 0.139. The molecule has 1 aliphatic heterocycles. The maximum absolute atomic E-state index is 12.0. The fourth-order valence-electron chi connectivity index (χ4n) is 2.81. The van der Waals surface area contributed by atoms with E-state index in [4.69, 9.17) is 5.26 Å². The van der Waals surface area contributed by atoms with Crippen molar-refractivity contribution in [2.75, 3.05) is 25.0 Å². The van der Waals surface area contributed by atoms with Gasteiger partial charge in [-0.05, 0) is 57.4 Å². The summed E-state index contributed by atoms with van der Waals surface area (Å²) < 4.78 is 0. The molecular formula is C17H24N4O. The van der Waals surface area contributed by atoms with Crippen molar-refractivity contribution >= 4 is 11.7 Å². The van der Waals surface area contributed by atoms with Crippen LogP contribution in [0, 0.1) is 17.2 Å². The fraction of sp³-hybridized carbons (Fsp3) is 0.529. The summed E-state index contributed by atoms with van der Waals surface area (Å²) in [6.07, 6.45) is 2.35. The molecule has 1 aromatic carbocycles. The lowest BCUT2D eigenvalue weighted by Gasteiger charge is -2.35. The zero-order valence-electron chi connectivity index (χ0n) is 13.3. The molecule has 1 heterocycles. The van der Waals surface area contributed by atoms with Gasteiger partial charge in [0.15, 0.2) is 0 Å². The van der Waals surface area contributed by atoms with Gasteiger partial charge in [0.05, 0.1) is 11.6 Å². The molecule has 2 rings (SSSR count). The molecule has 0 unspecified atom stereocenters. The van der Waals surface area contributed by atoms with E-state index in [-0.39, 0.29) is 6.03 Å². The van der Waals surface area contributed by atoms with Gasteiger partial charge in [-0.1, -0.05) is 6.07 Å². The first kappa shape index (κ1) is 16.3. The largest absolute Gasteiger partial charge is 0.338 e. The molecule has 118 valence electrons. The monoisotopic (exact) mass is 300 g/mol. The molecule has 0 radical (unpaired) electrons. The van der Waals surface area contributed by atoms with Gasteiger partial charge in [0, 0.05) is 24.8 Å². The summed E-state index contributed by atoms with van der Waals surface area (Å²) >= 11 is 0. The van der Waals surface area contributed by atoms with E-state index in [1.807, 2.05) is 0 Å². The lowest BCUT2D eigenvalue weighted by Crippen LogP contribution is -2.44. The molecule has 0 aliphatic carbocycles. The highest BCUT2D eigenvalue weighted by Gasteiger charge is 2.21. The smallest absolute Gasteiger partial charge is 0.319 e. The minimum atomic E-state index is -0.211. The predicted molar refractivity (Wildman–Crippen MR) is 87.6 cm³/mol. The minimum absolute atomic E-state index is 0.211. The normalized spacial score (nSPS) is 18.7. The molecule has 1 aromatic rings. The van der Waals surface area contributed by atoms with Gasteiger partial charge in [0.1, 0.15) is 0 Å². The van der Waals surface area contributed by atoms with Crippen LogP contribution in [0.2, 0.25) is 0 Å². The number of nitrogens with zero attached hydrogens (tertiary/aromatic N) is 2. The average Bonchev–Trinajstić information content (AvgIpc) is 2.53. The molecule has 0 bridgehead atoms. The van der Waals surface area contributed by atoms with Crippen molar-refractivity contribution < 1.29 is 4.79 Å². The Morgan fingerprint density at radius 2 is 2.32 bits per heavy atom. The van der Waals surface area contributed by atoms with Gasteiger partial charge < -0.3 is 15.5 Å². The molecule has 5 heteroatoms. The van der Waals surface area contributed by atoms with Gasteiger partial charge in [-0.2, -0.15) is 5.26 Å². The van der Waals surface area contributed by atoms with Crippen molar-refractivity contribution in [3.05, 3.63) is 29.8 Å². The van der Waals surface area contributed by atoms with Crippen molar-refractivity contribution in [3.63, 3.8) is 0 Å². The van der Waals surface area contributed by atoms with Crippen LogP contribution in [0.3, 0.4) is 0 Å². The average molecular weight is 300 g/mol. The van der Waals surface area contributed by atoms with E-state index in [9.17, 15) is 4.79 Å². The fourth-order valence-corrected chi connectivity index (χ4v) is 2.81. The van der Waals surface area contributed by atoms with E-state index in [1.165, 1.54) is 6.42 Å². The molecule has 1 fully saturated rings. The topological polar surface area (TPSA) is 68.2 Å². The second kappa shape index (κ2) is 7.81. The van der Waals surface area contributed by atoms with E-state index in [0.29, 0.717) is 29.8 Å². The summed E-state index contributed by atoms with van der Waals surface area (Å²) in [6, 6.07) is 9.33. The highest BCUT2D eigenvalue weighted by molar-refractivity contribution is 5.89. The number of nitriles is 1. The SMILES string of the molecule is CC(C)N1CCC[C@@H](CNC(=O)Nc2cccc(C#N)c2)C1. The molecular weight excluding hydrogens is 276 g/mol. The minimum Gasteiger partial charge on any atom is -0.338 e. The Morgan fingerprint density at radius 3 is 3.05 bits per heavy atom. The maximum Gasteiger partial charge on any atom is 0.319 e. The van der Waals surface area contributed by atoms with Gasteiger partial charge in [-0.25, -0.2) is 4.79 Å². The van der Waals surface area contributed by atoms with Crippen LogP contribution in [-0.4, -0.2) is 36.6 Å². The summed E-state index contributed by atoms with van der Waals surface area (Å²) in [5.74, 6) is 0.507. The van der Waals surface area contributed by atoms with Crippen LogP contribution in [0.1, 0.15) is 32.3 Å². The molecule has 2 amide bonds. The molecule has 1 aliphatic rings. The van der Waals surface area contributed by atoms with Crippen LogP contribution >= 0.6 is 0 Å². The van der Waals surface area contributed by atoms with Gasteiger partial charge >= 0.3 is 6.03 Å². The van der Waals surface area contributed by atoms with E-state index in [0.717, 1.165) is 19.5 Å². The molecule has 5 nitrogen and oxygen atoms in total. The predicted octanol–water partition coefficient (Wildman–Crippen LogP) is 2.80. The molecule has 0 saturated carbocycles. The maximum atomic E-state index is 12.0. The van der Waals surface area contributed by atoms with E-state index in [2.05, 4.69) is 35.5 Å². The van der Waals surface area contributed by atoms with Gasteiger partial charge in [0.25, 0.3) is 0 Å². The summed E-state index contributed by atoms with van der Waals surface area (Å²) in [4.78, 5) is 14.4. The van der Waals surface area contributed by atoms with Gasteiger partial charge in [-0.15, -0.1) is 0 Å². The van der Waals surface area contributed by atoms with Crippen LogP contribution in [0.4, 0.5) is 10.5 Å². The third-order valence-electron chi connectivity index (χ3n) is 4.08. The number of carbonyl (C=O) groups excluding carboxylic acids is 1. The summed E-state index contributed by atoms with van der Waals surface area (Å²) in [7, 11) is 0. The zero-order valence-corrected chi connectivity index (χ0v) is 13.3. The van der Waals surface area contributed by atoms with E-state index >= 15 is 0 Å². The molecule has 0 aromatic heterocycles. The quantitative estimate of drug-likeness (QED) is 0.898. The second-order valence-electron chi connectivity index (χ2n) is 6.12. The Kier molecular flexibility index (Phi) is 5.79. The van der Waals surface area contributed by atoms with Gasteiger partial charge in [-0.3, -0.25) is 0 Å². The highest BCUT2D eigenvalue weighted by atomic mass is 16.2. The standard InChI is InChI=1S/C17H24N4O/c1-13(2)21-8-4-6-15(12-21)11-19-17(22)20-16-7-3-5-14(9-16)10-18/h3,5,7,9,13,15H,4,6,8,11-12H2,1-2H3,(H2,19,20,22)/t15-/m0/s1. The molecule has 1 atom stereocenters. The molecule has 22 heavy (non-hydrogen) atoms. The van der Waals surface area contributed by atoms with E-state index in [1.54, 1.807) is 24.3 Å². The number of urea groups is 1. The Labute approximate surface area is 132 Å². The van der Waals surface area contributed by atoms with Crippen LogP contribution in [0.15, 0.2) is 24.3 Å². The second-order valence-corrected chi connectivity index (χ2v) is 6.12. The zero-order chi connectivity index (χ0) is 15.9. The number of rotatable bonds is 4. The Hall–Kier alpha value is -2.06. The Bertz CT molecular complexity index is 550. The molecule has 1 saturated heterocycles. The van der Waals surface area contributed by atoms with Crippen molar-refractivity contribution in [2.45, 2.75) is 32.7 Å². The van der Waals surface area contributed by atoms with Gasteiger partial charge in [0.2, 0.25) is 0 Å². The molecule has 0 spiro atoms. The first-order valence-electron chi connectivity index (χ1n) is 7.87. The lowest BCUT2D eigenvalue weighted by atomic mass is 9.97. The van der Waals surface area contributed by atoms with Crippen LogP contribution in [-0.2, 0) is 0 Å². The third kappa shape index (κ3) is 4.74. The number of piperidine rings is 1. The van der Waals surface area contributed by atoms with Crippen LogP contribution in [0.25, 0.3) is 0 Å². The molecule has 2 N–H and O–H groups in total. The number of likely N-dealkylation sites (tertiary alicyclic amines) is 1. The number of hydrogen-bond acceptors (Lipinski definition) is 3. The number of anilines is 1. The Morgan fingerprint density at radius 1 is 1.50 bits per heavy atom. The summed E-state index contributed by atoms with van der Waals surface area (Å²) in [5.41, 5.74) is 1.18. The van der Waals surface area contributed by atoms with Crippen molar-refractivity contribution in [1.29, 1.82) is 5.26 Å². The summed E-state index contributed by atoms with van der Waals surface area (Å²) in [6.45, 7) is 7.31. The first-order chi connectivity index (χ1) is 10.6. The number of carbonyl (C=O) groups is 1. The summed E-state index contributed by atoms with van der Waals surface area (Å²) in [5, 5.41) is 14.6.